The van der Waals surface area contributed by atoms with Gasteiger partial charge in [-0.15, -0.1) is 6.58 Å². The van der Waals surface area contributed by atoms with Gasteiger partial charge >= 0.3 is 11.6 Å². The van der Waals surface area contributed by atoms with Crippen LogP contribution in [-0.4, -0.2) is 5.97 Å². The molecular weight excluding hydrogens is 503 g/mol. The van der Waals surface area contributed by atoms with Crippen molar-refractivity contribution in [1.29, 1.82) is 0 Å². The lowest BCUT2D eigenvalue weighted by atomic mass is 9.80. The van der Waals surface area contributed by atoms with Gasteiger partial charge in [-0.2, -0.15) is 0 Å². The van der Waals surface area contributed by atoms with Gasteiger partial charge in [-0.1, -0.05) is 74.4 Å². The number of esters is 1. The van der Waals surface area contributed by atoms with Crippen LogP contribution in [0.25, 0.3) is 33.2 Å². The summed E-state index contributed by atoms with van der Waals surface area (Å²) in [6, 6.07) is 19.6. The first kappa shape index (κ1) is 27.6. The maximum atomic E-state index is 15.6. The standard InChI is InChI=1S/C35H35FO4/c1-3-5-7-24-8-12-26(13-9-24)31-22-28-18-21-30(33(36)32(28)35(38)40-31)25-16-19-29(20-17-25)39-34(37)27-14-10-23(6-4-2)11-15-27/h3,8-9,12-13,16-23,27H,1,4-7,10-11,14-15H2,2H3. The molecule has 5 rings (SSSR count). The third-order valence-corrected chi connectivity index (χ3v) is 8.00. The van der Waals surface area contributed by atoms with E-state index in [-0.39, 0.29) is 22.8 Å². The van der Waals surface area contributed by atoms with E-state index in [2.05, 4.69) is 13.5 Å². The molecule has 1 aromatic heterocycles. The molecule has 0 spiro atoms. The van der Waals surface area contributed by atoms with Gasteiger partial charge in [0.05, 0.1) is 5.92 Å². The Balaban J connectivity index is 1.31. The smallest absolute Gasteiger partial charge is 0.347 e. The van der Waals surface area contributed by atoms with Crippen molar-refractivity contribution in [2.45, 2.75) is 58.3 Å². The molecule has 3 aromatic carbocycles. The minimum absolute atomic E-state index is 0.0648. The van der Waals surface area contributed by atoms with Crippen LogP contribution in [0.2, 0.25) is 0 Å². The van der Waals surface area contributed by atoms with Crippen LogP contribution in [0.4, 0.5) is 4.39 Å². The first-order valence-electron chi connectivity index (χ1n) is 14.3. The molecule has 4 aromatic rings. The number of hydrogen-bond acceptors (Lipinski definition) is 4. The van der Waals surface area contributed by atoms with E-state index in [0.29, 0.717) is 22.5 Å². The Labute approximate surface area is 234 Å². The van der Waals surface area contributed by atoms with E-state index in [1.165, 1.54) is 12.8 Å². The highest BCUT2D eigenvalue weighted by atomic mass is 19.1. The number of ether oxygens (including phenoxy) is 1. The van der Waals surface area contributed by atoms with Gasteiger partial charge < -0.3 is 9.15 Å². The van der Waals surface area contributed by atoms with Gasteiger partial charge in [-0.05, 0) is 79.2 Å². The van der Waals surface area contributed by atoms with Crippen LogP contribution in [-0.2, 0) is 11.2 Å². The zero-order valence-electron chi connectivity index (χ0n) is 23.0. The van der Waals surface area contributed by atoms with E-state index >= 15 is 4.39 Å². The fourth-order valence-corrected chi connectivity index (χ4v) is 5.71. The highest BCUT2D eigenvalue weighted by molar-refractivity contribution is 5.89. The Bertz CT molecular complexity index is 1540. The summed E-state index contributed by atoms with van der Waals surface area (Å²) < 4.78 is 26.8. The molecule has 0 N–H and O–H groups in total. The van der Waals surface area contributed by atoms with Gasteiger partial charge in [-0.3, -0.25) is 4.79 Å². The summed E-state index contributed by atoms with van der Waals surface area (Å²) in [6.45, 7) is 5.95. The van der Waals surface area contributed by atoms with Crippen molar-refractivity contribution in [3.05, 3.63) is 101 Å². The fourth-order valence-electron chi connectivity index (χ4n) is 5.71. The highest BCUT2D eigenvalue weighted by Crippen LogP contribution is 2.34. The fraction of sp³-hybridized carbons (Fsp3) is 0.314. The first-order chi connectivity index (χ1) is 19.5. The molecule has 1 fully saturated rings. The summed E-state index contributed by atoms with van der Waals surface area (Å²) in [7, 11) is 0. The Hall–Kier alpha value is -3.99. The molecule has 0 radical (unpaired) electrons. The molecule has 0 atom stereocenters. The maximum absolute atomic E-state index is 15.6. The minimum Gasteiger partial charge on any atom is -0.426 e. The molecule has 5 heteroatoms. The van der Waals surface area contributed by atoms with Crippen LogP contribution in [0.15, 0.2) is 88.6 Å². The van der Waals surface area contributed by atoms with Gasteiger partial charge in [0.2, 0.25) is 0 Å². The Kier molecular flexibility index (Phi) is 8.59. The number of fused-ring (bicyclic) bond motifs is 1. The predicted octanol–water partition coefficient (Wildman–Crippen LogP) is 8.90. The summed E-state index contributed by atoms with van der Waals surface area (Å²) in [5.41, 5.74) is 2.06. The summed E-state index contributed by atoms with van der Waals surface area (Å²) in [6.07, 6.45) is 9.95. The molecule has 0 bridgehead atoms. The van der Waals surface area contributed by atoms with Crippen LogP contribution in [0.3, 0.4) is 0 Å². The number of halogens is 1. The van der Waals surface area contributed by atoms with Crippen molar-refractivity contribution in [3.8, 4) is 28.2 Å². The second-order valence-corrected chi connectivity index (χ2v) is 10.8. The molecule has 4 nitrogen and oxygen atoms in total. The van der Waals surface area contributed by atoms with Crippen molar-refractivity contribution in [2.24, 2.45) is 11.8 Å². The highest BCUT2D eigenvalue weighted by Gasteiger charge is 2.27. The van der Waals surface area contributed by atoms with Gasteiger partial charge in [0, 0.05) is 11.1 Å². The maximum Gasteiger partial charge on any atom is 0.347 e. The zero-order chi connectivity index (χ0) is 28.1. The van der Waals surface area contributed by atoms with Crippen LogP contribution in [0.1, 0.15) is 57.4 Å². The monoisotopic (exact) mass is 538 g/mol. The molecule has 0 aliphatic heterocycles. The van der Waals surface area contributed by atoms with Gasteiger partial charge in [0.1, 0.15) is 22.7 Å². The lowest BCUT2D eigenvalue weighted by Crippen LogP contribution is -2.25. The number of benzene rings is 3. The van der Waals surface area contributed by atoms with Crippen molar-refractivity contribution < 1.29 is 18.3 Å². The normalized spacial score (nSPS) is 17.1. The third-order valence-electron chi connectivity index (χ3n) is 8.00. The lowest BCUT2D eigenvalue weighted by molar-refractivity contribution is -0.140. The SMILES string of the molecule is C=CCCc1ccc(-c2cc3ccc(-c4ccc(OC(=O)C5CCC(CCC)CC5)cc4)c(F)c3c(=O)o2)cc1. The minimum atomic E-state index is -0.721. The van der Waals surface area contributed by atoms with E-state index in [1.54, 1.807) is 42.5 Å². The number of carbonyl (C=O) groups is 1. The third kappa shape index (κ3) is 6.09. The Morgan fingerprint density at radius 1 is 1.00 bits per heavy atom. The molecule has 206 valence electrons. The topological polar surface area (TPSA) is 56.5 Å². The largest absolute Gasteiger partial charge is 0.426 e. The Morgan fingerprint density at radius 3 is 2.38 bits per heavy atom. The molecule has 1 heterocycles. The Morgan fingerprint density at radius 2 is 1.70 bits per heavy atom. The van der Waals surface area contributed by atoms with E-state index in [9.17, 15) is 9.59 Å². The molecule has 40 heavy (non-hydrogen) atoms. The van der Waals surface area contributed by atoms with E-state index < -0.39 is 11.4 Å². The average molecular weight is 539 g/mol. The van der Waals surface area contributed by atoms with Crippen molar-refractivity contribution in [2.75, 3.05) is 0 Å². The predicted molar refractivity (Wildman–Crippen MR) is 158 cm³/mol. The molecular formula is C35H35FO4. The lowest BCUT2D eigenvalue weighted by Gasteiger charge is -2.26. The molecule has 1 aliphatic rings. The number of hydrogen-bond donors (Lipinski definition) is 0. The van der Waals surface area contributed by atoms with Crippen molar-refractivity contribution >= 4 is 16.7 Å². The van der Waals surface area contributed by atoms with Crippen LogP contribution >= 0.6 is 0 Å². The number of rotatable bonds is 9. The van der Waals surface area contributed by atoms with E-state index in [0.717, 1.165) is 55.6 Å². The van der Waals surface area contributed by atoms with Gasteiger partial charge in [0.15, 0.2) is 0 Å². The van der Waals surface area contributed by atoms with Crippen molar-refractivity contribution in [1.82, 2.24) is 0 Å². The summed E-state index contributed by atoms with van der Waals surface area (Å²) >= 11 is 0. The number of aryl methyl sites for hydroxylation is 1. The quantitative estimate of drug-likeness (QED) is 0.121. The molecule has 0 amide bonds. The van der Waals surface area contributed by atoms with Gasteiger partial charge in [-0.25, -0.2) is 9.18 Å². The second kappa shape index (κ2) is 12.5. The van der Waals surface area contributed by atoms with E-state index in [4.69, 9.17) is 9.15 Å². The van der Waals surface area contributed by atoms with Crippen molar-refractivity contribution in [3.63, 3.8) is 0 Å². The van der Waals surface area contributed by atoms with Gasteiger partial charge in [0.25, 0.3) is 0 Å². The average Bonchev–Trinajstić information content (AvgIpc) is 2.97. The number of allylic oxidation sites excluding steroid dienone is 1. The second-order valence-electron chi connectivity index (χ2n) is 10.8. The summed E-state index contributed by atoms with van der Waals surface area (Å²) in [5, 5.41) is 0.389. The van der Waals surface area contributed by atoms with E-state index in [1.807, 2.05) is 30.3 Å². The molecule has 1 aliphatic carbocycles. The van der Waals surface area contributed by atoms with Crippen LogP contribution in [0, 0.1) is 17.7 Å². The summed E-state index contributed by atoms with van der Waals surface area (Å²) in [5.74, 6) is 0.656. The molecule has 1 saturated carbocycles. The number of carbonyl (C=O) groups excluding carboxylic acids is 1. The zero-order valence-corrected chi connectivity index (χ0v) is 23.0. The molecule has 0 unspecified atom stereocenters. The van der Waals surface area contributed by atoms with Crippen LogP contribution in [0.5, 0.6) is 5.75 Å². The molecule has 0 saturated heterocycles. The van der Waals surface area contributed by atoms with Crippen LogP contribution < -0.4 is 10.4 Å². The first-order valence-corrected chi connectivity index (χ1v) is 14.3. The summed E-state index contributed by atoms with van der Waals surface area (Å²) in [4.78, 5) is 25.6.